The molecule has 3 aliphatic carbocycles. The molecule has 1 aromatic rings. The summed E-state index contributed by atoms with van der Waals surface area (Å²) in [5.41, 5.74) is 6.22. The maximum absolute atomic E-state index is 2.67. The molecule has 0 saturated carbocycles. The van der Waals surface area contributed by atoms with Gasteiger partial charge in [-0.05, 0) is 89.2 Å². The number of nitrogens with zero attached hydrogens (tertiary/aromatic N) is 2. The predicted molar refractivity (Wildman–Crippen MR) is 147 cm³/mol. The van der Waals surface area contributed by atoms with E-state index in [2.05, 4.69) is 112 Å². The summed E-state index contributed by atoms with van der Waals surface area (Å²) >= 11 is 0. The van der Waals surface area contributed by atoms with Crippen molar-refractivity contribution in [3.05, 3.63) is 88.2 Å². The molecule has 2 atom stereocenters. The van der Waals surface area contributed by atoms with Crippen molar-refractivity contribution < 1.29 is 0 Å². The van der Waals surface area contributed by atoms with Crippen LogP contribution < -0.4 is 0 Å². The number of allylic oxidation sites excluding steroid dienone is 9. The van der Waals surface area contributed by atoms with Gasteiger partial charge in [0, 0.05) is 11.8 Å². The number of fused-ring (bicyclic) bond motifs is 2. The molecule has 0 fully saturated rings. The molecule has 2 unspecified atom stereocenters. The summed E-state index contributed by atoms with van der Waals surface area (Å²) in [5.74, 6) is 1.05. The fraction of sp³-hybridized carbons (Fsp3) is 0.467. The summed E-state index contributed by atoms with van der Waals surface area (Å²) in [6, 6.07) is 9.24. The van der Waals surface area contributed by atoms with E-state index in [4.69, 9.17) is 0 Å². The standard InChI is InChI=1S/C30H42N2Si/c1-31(2)19-11-13-23-21-29(27-17-9-7-15-25(23)27)33(5,6)30-22-24(14-12-20-32(3)4)26-16-8-10-18-28(26)30/h7-10,15-18,21-23,28H,11-14,19-20H2,1-6H3. The van der Waals surface area contributed by atoms with Gasteiger partial charge < -0.3 is 9.80 Å². The maximum atomic E-state index is 2.67. The van der Waals surface area contributed by atoms with Crippen LogP contribution in [-0.2, 0) is 0 Å². The Bertz CT molecular complexity index is 1020. The zero-order valence-corrected chi connectivity index (χ0v) is 22.6. The highest BCUT2D eigenvalue weighted by Crippen LogP contribution is 2.49. The maximum Gasteiger partial charge on any atom is 0.109 e. The molecule has 176 valence electrons. The average molecular weight is 459 g/mol. The first-order valence-electron chi connectivity index (χ1n) is 12.7. The van der Waals surface area contributed by atoms with Gasteiger partial charge in [0.25, 0.3) is 0 Å². The Labute approximate surface area is 203 Å². The van der Waals surface area contributed by atoms with E-state index >= 15 is 0 Å². The van der Waals surface area contributed by atoms with Crippen molar-refractivity contribution >= 4 is 13.3 Å². The lowest BCUT2D eigenvalue weighted by Gasteiger charge is -2.31. The van der Waals surface area contributed by atoms with Gasteiger partial charge in [0.15, 0.2) is 0 Å². The first-order valence-corrected chi connectivity index (χ1v) is 15.7. The van der Waals surface area contributed by atoms with E-state index in [0.717, 1.165) is 13.1 Å². The highest BCUT2D eigenvalue weighted by Gasteiger charge is 2.42. The molecule has 33 heavy (non-hydrogen) atoms. The molecule has 0 aromatic heterocycles. The van der Waals surface area contributed by atoms with Crippen molar-refractivity contribution in [1.82, 2.24) is 9.80 Å². The molecule has 0 saturated heterocycles. The van der Waals surface area contributed by atoms with Crippen LogP contribution in [0.15, 0.2) is 77.1 Å². The van der Waals surface area contributed by atoms with Crippen LogP contribution >= 0.6 is 0 Å². The molecule has 1 aromatic carbocycles. The van der Waals surface area contributed by atoms with Crippen molar-refractivity contribution in [2.75, 3.05) is 41.3 Å². The number of hydrogen-bond acceptors (Lipinski definition) is 2. The second-order valence-electron chi connectivity index (χ2n) is 11.1. The third-order valence-corrected chi connectivity index (χ3v) is 11.3. The Morgan fingerprint density at radius 2 is 1.64 bits per heavy atom. The second kappa shape index (κ2) is 10.1. The molecular formula is C30H42N2Si. The lowest BCUT2D eigenvalue weighted by Crippen LogP contribution is -2.34. The summed E-state index contributed by atoms with van der Waals surface area (Å²) in [4.78, 5) is 4.61. The van der Waals surface area contributed by atoms with E-state index in [1.807, 2.05) is 0 Å². The predicted octanol–water partition coefficient (Wildman–Crippen LogP) is 6.62. The smallest absolute Gasteiger partial charge is 0.109 e. The SMILES string of the molecule is CN(C)CCCC1=C2C=CC=CC2C([Si](C)(C)C2=CC(CCCN(C)C)c3ccccc32)=C1. The van der Waals surface area contributed by atoms with Crippen LogP contribution in [0, 0.1) is 5.92 Å². The van der Waals surface area contributed by atoms with Gasteiger partial charge in [0.1, 0.15) is 8.07 Å². The summed E-state index contributed by atoms with van der Waals surface area (Å²) in [5, 5.41) is 3.36. The van der Waals surface area contributed by atoms with Gasteiger partial charge in [0.2, 0.25) is 0 Å². The minimum absolute atomic E-state index is 0.479. The molecular weight excluding hydrogens is 416 g/mol. The van der Waals surface area contributed by atoms with Gasteiger partial charge in [-0.1, -0.05) is 84.2 Å². The normalized spacial score (nSPS) is 21.7. The van der Waals surface area contributed by atoms with Gasteiger partial charge in [-0.25, -0.2) is 0 Å². The summed E-state index contributed by atoms with van der Waals surface area (Å²) in [6.07, 6.45) is 19.5. The van der Waals surface area contributed by atoms with Gasteiger partial charge in [-0.3, -0.25) is 0 Å². The molecule has 2 nitrogen and oxygen atoms in total. The Kier molecular flexibility index (Phi) is 7.42. The Hall–Kier alpha value is -1.94. The fourth-order valence-corrected chi connectivity index (χ4v) is 9.26. The molecule has 3 heteroatoms. The molecule has 0 N–H and O–H groups in total. The molecule has 3 aliphatic rings. The van der Waals surface area contributed by atoms with E-state index in [9.17, 15) is 0 Å². The van der Waals surface area contributed by atoms with Crippen molar-refractivity contribution in [2.45, 2.75) is 44.7 Å². The molecule has 0 amide bonds. The van der Waals surface area contributed by atoms with Crippen molar-refractivity contribution in [1.29, 1.82) is 0 Å². The largest absolute Gasteiger partial charge is 0.309 e. The zero-order valence-electron chi connectivity index (χ0n) is 21.6. The fourth-order valence-electron chi connectivity index (χ4n) is 5.87. The lowest BCUT2D eigenvalue weighted by atomic mass is 9.94. The second-order valence-corrected chi connectivity index (χ2v) is 15.4. The van der Waals surface area contributed by atoms with Crippen LogP contribution in [0.3, 0.4) is 0 Å². The highest BCUT2D eigenvalue weighted by molar-refractivity contribution is 7.00. The Morgan fingerprint density at radius 3 is 2.39 bits per heavy atom. The number of benzene rings is 1. The summed E-state index contributed by atoms with van der Waals surface area (Å²) in [7, 11) is 6.88. The van der Waals surface area contributed by atoms with Crippen LogP contribution in [0.25, 0.3) is 5.20 Å². The minimum atomic E-state index is -1.83. The lowest BCUT2D eigenvalue weighted by molar-refractivity contribution is 0.391. The first-order chi connectivity index (χ1) is 15.8. The van der Waals surface area contributed by atoms with Crippen molar-refractivity contribution in [2.24, 2.45) is 5.92 Å². The topological polar surface area (TPSA) is 6.48 Å². The Morgan fingerprint density at radius 1 is 0.909 bits per heavy atom. The van der Waals surface area contributed by atoms with E-state index in [1.165, 1.54) is 31.2 Å². The summed E-state index contributed by atoms with van der Waals surface area (Å²) in [6.45, 7) is 7.50. The third kappa shape index (κ3) is 5.11. The van der Waals surface area contributed by atoms with Crippen molar-refractivity contribution in [3.8, 4) is 0 Å². The molecule has 0 spiro atoms. The zero-order chi connectivity index (χ0) is 23.6. The van der Waals surface area contributed by atoms with E-state index in [-0.39, 0.29) is 0 Å². The Balaban J connectivity index is 1.63. The number of rotatable bonds is 10. The average Bonchev–Trinajstić information content (AvgIpc) is 3.34. The first kappa shape index (κ1) is 24.2. The van der Waals surface area contributed by atoms with Gasteiger partial charge >= 0.3 is 0 Å². The monoisotopic (exact) mass is 458 g/mol. The molecule has 0 bridgehead atoms. The van der Waals surface area contributed by atoms with E-state index < -0.39 is 8.07 Å². The molecule has 0 aliphatic heterocycles. The van der Waals surface area contributed by atoms with E-state index in [1.54, 1.807) is 27.1 Å². The molecule has 0 heterocycles. The van der Waals surface area contributed by atoms with Crippen LogP contribution in [0.4, 0.5) is 0 Å². The minimum Gasteiger partial charge on any atom is -0.309 e. The quantitative estimate of drug-likeness (QED) is 0.364. The molecule has 4 rings (SSSR count). The van der Waals surface area contributed by atoms with Crippen LogP contribution in [0.2, 0.25) is 13.1 Å². The van der Waals surface area contributed by atoms with Gasteiger partial charge in [0.05, 0.1) is 0 Å². The van der Waals surface area contributed by atoms with Crippen LogP contribution in [0.5, 0.6) is 0 Å². The number of hydrogen-bond donors (Lipinski definition) is 0. The highest BCUT2D eigenvalue weighted by atomic mass is 28.3. The van der Waals surface area contributed by atoms with Crippen LogP contribution in [-0.4, -0.2) is 59.2 Å². The van der Waals surface area contributed by atoms with Crippen LogP contribution in [0.1, 0.15) is 42.7 Å². The van der Waals surface area contributed by atoms with Gasteiger partial charge in [-0.2, -0.15) is 0 Å². The molecule has 0 radical (unpaired) electrons. The summed E-state index contributed by atoms with van der Waals surface area (Å²) < 4.78 is 0. The third-order valence-electron chi connectivity index (χ3n) is 7.65. The van der Waals surface area contributed by atoms with Crippen molar-refractivity contribution in [3.63, 3.8) is 0 Å². The van der Waals surface area contributed by atoms with E-state index in [0.29, 0.717) is 11.8 Å². The van der Waals surface area contributed by atoms with Gasteiger partial charge in [-0.15, -0.1) is 0 Å².